The monoisotopic (exact) mass is 241 g/mol. The Morgan fingerprint density at radius 1 is 1.11 bits per heavy atom. The van der Waals surface area contributed by atoms with Crippen LogP contribution in [-0.4, -0.2) is 16.5 Å². The fraction of sp³-hybridized carbons (Fsp3) is 0.333. The molecule has 3 nitrogen and oxygen atoms in total. The molecule has 0 amide bonds. The van der Waals surface area contributed by atoms with Gasteiger partial charge in [0, 0.05) is 24.6 Å². The summed E-state index contributed by atoms with van der Waals surface area (Å²) in [5.41, 5.74) is 3.38. The Balaban J connectivity index is 2.46. The lowest BCUT2D eigenvalue weighted by Crippen LogP contribution is -2.04. The second-order valence-electron chi connectivity index (χ2n) is 4.31. The van der Waals surface area contributed by atoms with Crippen molar-refractivity contribution < 1.29 is 0 Å². The highest BCUT2D eigenvalue weighted by Crippen LogP contribution is 2.21. The van der Waals surface area contributed by atoms with Crippen molar-refractivity contribution in [1.29, 1.82) is 0 Å². The van der Waals surface area contributed by atoms with Crippen LogP contribution in [0.4, 0.5) is 5.82 Å². The van der Waals surface area contributed by atoms with Crippen LogP contribution in [0.15, 0.2) is 30.3 Å². The van der Waals surface area contributed by atoms with Gasteiger partial charge in [-0.15, -0.1) is 0 Å². The van der Waals surface area contributed by atoms with Crippen LogP contribution in [0.2, 0.25) is 0 Å². The summed E-state index contributed by atoms with van der Waals surface area (Å²) in [6, 6.07) is 10.4. The van der Waals surface area contributed by atoms with Crippen LogP contribution in [0.3, 0.4) is 0 Å². The number of rotatable bonds is 4. The molecule has 0 unspecified atom stereocenters. The second kappa shape index (κ2) is 5.63. The highest BCUT2D eigenvalue weighted by atomic mass is 15.0. The van der Waals surface area contributed by atoms with E-state index >= 15 is 0 Å². The van der Waals surface area contributed by atoms with E-state index in [-0.39, 0.29) is 0 Å². The van der Waals surface area contributed by atoms with Crippen molar-refractivity contribution in [3.8, 4) is 11.3 Å². The topological polar surface area (TPSA) is 37.8 Å². The molecule has 1 N–H and O–H groups in total. The molecule has 2 aromatic rings. The molecule has 0 saturated carbocycles. The van der Waals surface area contributed by atoms with E-state index in [1.807, 2.05) is 6.07 Å². The first-order chi connectivity index (χ1) is 8.72. The van der Waals surface area contributed by atoms with Gasteiger partial charge in [-0.2, -0.15) is 0 Å². The molecule has 0 fully saturated rings. The Labute approximate surface area is 108 Å². The molecule has 94 valence electrons. The minimum atomic E-state index is 0.845. The number of nitrogens with one attached hydrogen (secondary N) is 1. The van der Waals surface area contributed by atoms with E-state index in [4.69, 9.17) is 0 Å². The molecule has 1 heterocycles. The van der Waals surface area contributed by atoms with Gasteiger partial charge in [-0.05, 0) is 19.9 Å². The van der Waals surface area contributed by atoms with Gasteiger partial charge in [-0.1, -0.05) is 30.7 Å². The van der Waals surface area contributed by atoms with Crippen molar-refractivity contribution in [3.05, 3.63) is 41.7 Å². The summed E-state index contributed by atoms with van der Waals surface area (Å²) in [7, 11) is 0. The van der Waals surface area contributed by atoms with E-state index < -0.39 is 0 Å². The normalized spacial score (nSPS) is 10.4. The predicted octanol–water partition coefficient (Wildman–Crippen LogP) is 3.45. The van der Waals surface area contributed by atoms with Crippen molar-refractivity contribution in [3.63, 3.8) is 0 Å². The Morgan fingerprint density at radius 2 is 1.94 bits per heavy atom. The average molecular weight is 241 g/mol. The Bertz CT molecular complexity index is 535. The van der Waals surface area contributed by atoms with Crippen LogP contribution in [-0.2, 0) is 6.42 Å². The van der Waals surface area contributed by atoms with Gasteiger partial charge in [0.15, 0.2) is 0 Å². The van der Waals surface area contributed by atoms with Gasteiger partial charge in [-0.25, -0.2) is 9.97 Å². The smallest absolute Gasteiger partial charge is 0.131 e. The standard InChI is InChI=1S/C15H19N3/c1-4-14-17-13(10-15(18-14)16-5-2)12-8-6-7-11(3)9-12/h6-10H,4-5H2,1-3H3,(H,16,17,18). The predicted molar refractivity (Wildman–Crippen MR) is 75.7 cm³/mol. The highest BCUT2D eigenvalue weighted by molar-refractivity contribution is 5.63. The van der Waals surface area contributed by atoms with Crippen molar-refractivity contribution in [2.24, 2.45) is 0 Å². The van der Waals surface area contributed by atoms with Crippen molar-refractivity contribution in [2.45, 2.75) is 27.2 Å². The molecule has 0 saturated heterocycles. The van der Waals surface area contributed by atoms with E-state index in [2.05, 4.69) is 60.3 Å². The van der Waals surface area contributed by atoms with Crippen LogP contribution in [0, 0.1) is 6.92 Å². The maximum Gasteiger partial charge on any atom is 0.131 e. The van der Waals surface area contributed by atoms with Crippen LogP contribution in [0.5, 0.6) is 0 Å². The summed E-state index contributed by atoms with van der Waals surface area (Å²) < 4.78 is 0. The minimum absolute atomic E-state index is 0.845. The van der Waals surface area contributed by atoms with Crippen molar-refractivity contribution >= 4 is 5.82 Å². The van der Waals surface area contributed by atoms with E-state index in [0.717, 1.165) is 35.9 Å². The number of aryl methyl sites for hydroxylation is 2. The van der Waals surface area contributed by atoms with Gasteiger partial charge in [0.05, 0.1) is 5.69 Å². The SMILES string of the molecule is CCNc1cc(-c2cccc(C)c2)nc(CC)n1. The number of nitrogens with zero attached hydrogens (tertiary/aromatic N) is 2. The lowest BCUT2D eigenvalue weighted by Gasteiger charge is -2.08. The molecule has 0 aliphatic rings. The summed E-state index contributed by atoms with van der Waals surface area (Å²) in [6.07, 6.45) is 0.845. The van der Waals surface area contributed by atoms with Crippen LogP contribution in [0.25, 0.3) is 11.3 Å². The number of hydrogen-bond donors (Lipinski definition) is 1. The molecule has 0 radical (unpaired) electrons. The number of benzene rings is 1. The molecule has 18 heavy (non-hydrogen) atoms. The number of aromatic nitrogens is 2. The number of anilines is 1. The van der Waals surface area contributed by atoms with Gasteiger partial charge in [0.1, 0.15) is 11.6 Å². The molecule has 0 aliphatic heterocycles. The first kappa shape index (κ1) is 12.6. The van der Waals surface area contributed by atoms with Gasteiger partial charge >= 0.3 is 0 Å². The van der Waals surface area contributed by atoms with Gasteiger partial charge in [-0.3, -0.25) is 0 Å². The molecule has 0 bridgehead atoms. The summed E-state index contributed by atoms with van der Waals surface area (Å²) in [5, 5.41) is 3.26. The molecule has 2 rings (SSSR count). The summed E-state index contributed by atoms with van der Waals surface area (Å²) in [6.45, 7) is 7.11. The van der Waals surface area contributed by atoms with Gasteiger partial charge < -0.3 is 5.32 Å². The first-order valence-electron chi connectivity index (χ1n) is 6.41. The van der Waals surface area contributed by atoms with Gasteiger partial charge in [0.25, 0.3) is 0 Å². The highest BCUT2D eigenvalue weighted by Gasteiger charge is 2.05. The van der Waals surface area contributed by atoms with Crippen LogP contribution in [0.1, 0.15) is 25.2 Å². The van der Waals surface area contributed by atoms with Gasteiger partial charge in [0.2, 0.25) is 0 Å². The molecular formula is C15H19N3. The minimum Gasteiger partial charge on any atom is -0.370 e. The molecule has 1 aromatic heterocycles. The molecular weight excluding hydrogens is 222 g/mol. The Morgan fingerprint density at radius 3 is 2.61 bits per heavy atom. The number of hydrogen-bond acceptors (Lipinski definition) is 3. The zero-order valence-corrected chi connectivity index (χ0v) is 11.2. The Kier molecular flexibility index (Phi) is 3.92. The zero-order valence-electron chi connectivity index (χ0n) is 11.2. The first-order valence-corrected chi connectivity index (χ1v) is 6.41. The maximum atomic E-state index is 4.59. The molecule has 0 aliphatic carbocycles. The fourth-order valence-corrected chi connectivity index (χ4v) is 1.88. The van der Waals surface area contributed by atoms with E-state index in [1.165, 1.54) is 5.56 Å². The van der Waals surface area contributed by atoms with E-state index in [0.29, 0.717) is 0 Å². The third-order valence-corrected chi connectivity index (χ3v) is 2.76. The quantitative estimate of drug-likeness (QED) is 0.891. The lowest BCUT2D eigenvalue weighted by atomic mass is 10.1. The Hall–Kier alpha value is -1.90. The average Bonchev–Trinajstić information content (AvgIpc) is 2.39. The summed E-state index contributed by atoms with van der Waals surface area (Å²) in [5.74, 6) is 1.78. The summed E-state index contributed by atoms with van der Waals surface area (Å²) >= 11 is 0. The van der Waals surface area contributed by atoms with Crippen molar-refractivity contribution in [1.82, 2.24) is 9.97 Å². The van der Waals surface area contributed by atoms with E-state index in [9.17, 15) is 0 Å². The third kappa shape index (κ3) is 2.86. The largest absolute Gasteiger partial charge is 0.370 e. The summed E-state index contributed by atoms with van der Waals surface area (Å²) in [4.78, 5) is 9.06. The second-order valence-corrected chi connectivity index (χ2v) is 4.31. The van der Waals surface area contributed by atoms with E-state index in [1.54, 1.807) is 0 Å². The van der Waals surface area contributed by atoms with Crippen LogP contribution >= 0.6 is 0 Å². The zero-order chi connectivity index (χ0) is 13.0. The van der Waals surface area contributed by atoms with Crippen molar-refractivity contribution in [2.75, 3.05) is 11.9 Å². The van der Waals surface area contributed by atoms with Crippen LogP contribution < -0.4 is 5.32 Å². The fourth-order valence-electron chi connectivity index (χ4n) is 1.88. The molecule has 1 aromatic carbocycles. The third-order valence-electron chi connectivity index (χ3n) is 2.76. The molecule has 0 spiro atoms. The molecule has 3 heteroatoms. The maximum absolute atomic E-state index is 4.59. The lowest BCUT2D eigenvalue weighted by molar-refractivity contribution is 0.939. The molecule has 0 atom stereocenters.